The van der Waals surface area contributed by atoms with E-state index in [9.17, 15) is 14.7 Å². The molecule has 1 saturated heterocycles. The van der Waals surface area contributed by atoms with Crippen LogP contribution in [0.2, 0.25) is 0 Å². The minimum atomic E-state index is -0.889. The van der Waals surface area contributed by atoms with Gasteiger partial charge in [0, 0.05) is 19.6 Å². The maximum absolute atomic E-state index is 12.9. The second-order valence-corrected chi connectivity index (χ2v) is 5.76. The molecule has 3 rings (SSSR count). The van der Waals surface area contributed by atoms with Crippen LogP contribution in [0.25, 0.3) is 0 Å². The summed E-state index contributed by atoms with van der Waals surface area (Å²) in [5.74, 6) is -1.21. The summed E-state index contributed by atoms with van der Waals surface area (Å²) >= 11 is 0. The standard InChI is InChI=1S/C16H20N2O3/c19-15(18-8-4-3-7-14(18)16(20)21)13-10-17-9-11-5-1-2-6-12(11)13/h1-2,5-6,13-14,17H,3-4,7-10H2,(H,20,21). The van der Waals surface area contributed by atoms with Crippen molar-refractivity contribution in [2.24, 2.45) is 0 Å². The molecule has 1 aromatic carbocycles. The lowest BCUT2D eigenvalue weighted by atomic mass is 9.88. The molecule has 0 saturated carbocycles. The molecule has 0 radical (unpaired) electrons. The third-order valence-corrected chi connectivity index (χ3v) is 4.46. The zero-order valence-electron chi connectivity index (χ0n) is 11.9. The monoisotopic (exact) mass is 288 g/mol. The van der Waals surface area contributed by atoms with E-state index in [1.165, 1.54) is 0 Å². The summed E-state index contributed by atoms with van der Waals surface area (Å²) in [4.78, 5) is 25.8. The van der Waals surface area contributed by atoms with Gasteiger partial charge in [-0.25, -0.2) is 4.79 Å². The fourth-order valence-electron chi connectivity index (χ4n) is 3.37. The predicted molar refractivity (Wildman–Crippen MR) is 77.9 cm³/mol. The van der Waals surface area contributed by atoms with Crippen LogP contribution in [0.3, 0.4) is 0 Å². The van der Waals surface area contributed by atoms with E-state index in [1.807, 2.05) is 24.3 Å². The van der Waals surface area contributed by atoms with Crippen molar-refractivity contribution in [2.45, 2.75) is 37.8 Å². The number of aliphatic carboxylic acids is 1. The fraction of sp³-hybridized carbons (Fsp3) is 0.500. The average molecular weight is 288 g/mol. The highest BCUT2D eigenvalue weighted by Gasteiger charge is 2.37. The molecule has 0 bridgehead atoms. The number of carbonyl (C=O) groups excluding carboxylic acids is 1. The van der Waals surface area contributed by atoms with E-state index < -0.39 is 12.0 Å². The molecule has 2 N–H and O–H groups in total. The van der Waals surface area contributed by atoms with E-state index in [0.29, 0.717) is 19.5 Å². The third-order valence-electron chi connectivity index (χ3n) is 4.46. The van der Waals surface area contributed by atoms with Gasteiger partial charge >= 0.3 is 5.97 Å². The van der Waals surface area contributed by atoms with Gasteiger partial charge < -0.3 is 15.3 Å². The summed E-state index contributed by atoms with van der Waals surface area (Å²) < 4.78 is 0. The van der Waals surface area contributed by atoms with Gasteiger partial charge in [0.25, 0.3) is 0 Å². The molecule has 0 aromatic heterocycles. The maximum atomic E-state index is 12.9. The first kappa shape index (κ1) is 14.1. The minimum Gasteiger partial charge on any atom is -0.480 e. The normalized spacial score (nSPS) is 25.2. The second-order valence-electron chi connectivity index (χ2n) is 5.76. The molecule has 0 aliphatic carbocycles. The molecule has 112 valence electrons. The van der Waals surface area contributed by atoms with Crippen molar-refractivity contribution in [3.05, 3.63) is 35.4 Å². The molecule has 2 heterocycles. The smallest absolute Gasteiger partial charge is 0.326 e. The van der Waals surface area contributed by atoms with Crippen molar-refractivity contribution in [1.82, 2.24) is 10.2 Å². The number of nitrogens with zero attached hydrogens (tertiary/aromatic N) is 1. The lowest BCUT2D eigenvalue weighted by Crippen LogP contribution is -2.51. The summed E-state index contributed by atoms with van der Waals surface area (Å²) in [6, 6.07) is 7.25. The molecule has 1 fully saturated rings. The van der Waals surface area contributed by atoms with Crippen LogP contribution in [0, 0.1) is 0 Å². The van der Waals surface area contributed by atoms with Crippen molar-refractivity contribution in [2.75, 3.05) is 13.1 Å². The number of piperidine rings is 1. The van der Waals surface area contributed by atoms with Gasteiger partial charge in [-0.3, -0.25) is 4.79 Å². The van der Waals surface area contributed by atoms with E-state index in [1.54, 1.807) is 4.90 Å². The SMILES string of the molecule is O=C(O)C1CCCCN1C(=O)C1CNCc2ccccc21. The van der Waals surface area contributed by atoms with Gasteiger partial charge in [-0.05, 0) is 30.4 Å². The number of carboxylic acids is 1. The van der Waals surface area contributed by atoms with E-state index in [-0.39, 0.29) is 11.8 Å². The molecular formula is C16H20N2O3. The summed E-state index contributed by atoms with van der Waals surface area (Å²) in [6.07, 6.45) is 2.32. The largest absolute Gasteiger partial charge is 0.480 e. The highest BCUT2D eigenvalue weighted by Crippen LogP contribution is 2.28. The molecule has 21 heavy (non-hydrogen) atoms. The number of carbonyl (C=O) groups is 2. The van der Waals surface area contributed by atoms with Gasteiger partial charge in [-0.15, -0.1) is 0 Å². The van der Waals surface area contributed by atoms with Crippen LogP contribution >= 0.6 is 0 Å². The molecule has 5 heteroatoms. The Balaban J connectivity index is 1.86. The van der Waals surface area contributed by atoms with Crippen LogP contribution in [0.5, 0.6) is 0 Å². The Hall–Kier alpha value is -1.88. The first-order valence-electron chi connectivity index (χ1n) is 7.50. The molecule has 1 aromatic rings. The van der Waals surface area contributed by atoms with Gasteiger partial charge in [0.15, 0.2) is 0 Å². The van der Waals surface area contributed by atoms with Crippen LogP contribution in [0.1, 0.15) is 36.3 Å². The van der Waals surface area contributed by atoms with Crippen molar-refractivity contribution in [3.8, 4) is 0 Å². The lowest BCUT2D eigenvalue weighted by molar-refractivity contribution is -0.152. The Labute approximate surface area is 123 Å². The molecule has 0 spiro atoms. The maximum Gasteiger partial charge on any atom is 0.326 e. The highest BCUT2D eigenvalue weighted by atomic mass is 16.4. The Kier molecular flexibility index (Phi) is 3.92. The van der Waals surface area contributed by atoms with Crippen molar-refractivity contribution in [3.63, 3.8) is 0 Å². The number of amides is 1. The number of nitrogens with one attached hydrogen (secondary N) is 1. The molecule has 2 aliphatic rings. The lowest BCUT2D eigenvalue weighted by Gasteiger charge is -2.37. The number of likely N-dealkylation sites (tertiary alicyclic amines) is 1. The average Bonchev–Trinajstić information content (AvgIpc) is 2.53. The first-order valence-corrected chi connectivity index (χ1v) is 7.50. The van der Waals surface area contributed by atoms with Crippen molar-refractivity contribution in [1.29, 1.82) is 0 Å². The minimum absolute atomic E-state index is 0.0539. The Morgan fingerprint density at radius 1 is 1.24 bits per heavy atom. The molecule has 2 atom stereocenters. The quantitative estimate of drug-likeness (QED) is 0.861. The van der Waals surface area contributed by atoms with E-state index >= 15 is 0 Å². The van der Waals surface area contributed by atoms with Gasteiger partial charge in [-0.1, -0.05) is 24.3 Å². The summed E-state index contributed by atoms with van der Waals surface area (Å²) in [7, 11) is 0. The zero-order chi connectivity index (χ0) is 14.8. The fourth-order valence-corrected chi connectivity index (χ4v) is 3.37. The van der Waals surface area contributed by atoms with Gasteiger partial charge in [0.2, 0.25) is 5.91 Å². The van der Waals surface area contributed by atoms with Crippen LogP contribution in [-0.2, 0) is 16.1 Å². The third kappa shape index (κ3) is 2.65. The van der Waals surface area contributed by atoms with Gasteiger partial charge in [0.1, 0.15) is 6.04 Å². The number of benzene rings is 1. The number of hydrogen-bond acceptors (Lipinski definition) is 3. The number of hydrogen-bond donors (Lipinski definition) is 2. The molecule has 1 amide bonds. The second kappa shape index (κ2) is 5.85. The van der Waals surface area contributed by atoms with Crippen molar-refractivity contribution >= 4 is 11.9 Å². The van der Waals surface area contributed by atoms with Crippen LogP contribution in [0.15, 0.2) is 24.3 Å². The van der Waals surface area contributed by atoms with Crippen LogP contribution < -0.4 is 5.32 Å². The molecule has 2 aliphatic heterocycles. The highest BCUT2D eigenvalue weighted by molar-refractivity contribution is 5.89. The summed E-state index contributed by atoms with van der Waals surface area (Å²) in [5.41, 5.74) is 2.17. The summed E-state index contributed by atoms with van der Waals surface area (Å²) in [6.45, 7) is 1.90. The first-order chi connectivity index (χ1) is 10.2. The number of fused-ring (bicyclic) bond motifs is 1. The number of rotatable bonds is 2. The number of carboxylic acid groups (broad SMARTS) is 1. The van der Waals surface area contributed by atoms with E-state index in [2.05, 4.69) is 5.32 Å². The van der Waals surface area contributed by atoms with Gasteiger partial charge in [0.05, 0.1) is 5.92 Å². The Morgan fingerprint density at radius 2 is 2.05 bits per heavy atom. The molecule has 2 unspecified atom stereocenters. The van der Waals surface area contributed by atoms with E-state index in [4.69, 9.17) is 0 Å². The summed E-state index contributed by atoms with van der Waals surface area (Å²) in [5, 5.41) is 12.6. The molecule has 5 nitrogen and oxygen atoms in total. The van der Waals surface area contributed by atoms with Gasteiger partial charge in [-0.2, -0.15) is 0 Å². The zero-order valence-corrected chi connectivity index (χ0v) is 11.9. The Bertz CT molecular complexity index is 558. The van der Waals surface area contributed by atoms with Crippen molar-refractivity contribution < 1.29 is 14.7 Å². The topological polar surface area (TPSA) is 69.6 Å². The molecular weight excluding hydrogens is 268 g/mol. The van der Waals surface area contributed by atoms with Crippen LogP contribution in [-0.4, -0.2) is 41.0 Å². The van der Waals surface area contributed by atoms with E-state index in [0.717, 1.165) is 30.5 Å². The van der Waals surface area contributed by atoms with Crippen LogP contribution in [0.4, 0.5) is 0 Å². The predicted octanol–water partition coefficient (Wildman–Crippen LogP) is 1.34. The Morgan fingerprint density at radius 3 is 2.86 bits per heavy atom.